The summed E-state index contributed by atoms with van der Waals surface area (Å²) in [6.07, 6.45) is -2.49. The Hall–Kier alpha value is -5.08. The summed E-state index contributed by atoms with van der Waals surface area (Å²) in [7, 11) is 0. The van der Waals surface area contributed by atoms with Crippen LogP contribution in [-0.4, -0.2) is 43.5 Å². The van der Waals surface area contributed by atoms with Crippen LogP contribution >= 0.6 is 0 Å². The zero-order chi connectivity index (χ0) is 30.7. The van der Waals surface area contributed by atoms with Crippen LogP contribution in [0.5, 0.6) is 0 Å². The van der Waals surface area contributed by atoms with E-state index in [1.54, 1.807) is 78.9 Å². The van der Waals surface area contributed by atoms with Crippen LogP contribution in [0, 0.1) is 13.8 Å². The van der Waals surface area contributed by atoms with Crippen LogP contribution in [0.4, 0.5) is 0 Å². The number of rotatable bonds is 14. The van der Waals surface area contributed by atoms with Gasteiger partial charge in [0.15, 0.2) is 24.1 Å². The van der Waals surface area contributed by atoms with Gasteiger partial charge in [0.1, 0.15) is 6.61 Å². The number of esters is 2. The van der Waals surface area contributed by atoms with Gasteiger partial charge in [-0.05, 0) is 49.2 Å². The van der Waals surface area contributed by atoms with Crippen molar-refractivity contribution < 1.29 is 38.1 Å². The maximum Gasteiger partial charge on any atom is 0.338 e. The lowest BCUT2D eigenvalue weighted by Crippen LogP contribution is -2.54. The number of hydrogen-bond acceptors (Lipinski definition) is 8. The van der Waals surface area contributed by atoms with E-state index < -0.39 is 36.4 Å². The van der Waals surface area contributed by atoms with Crippen LogP contribution in [0.15, 0.2) is 109 Å². The summed E-state index contributed by atoms with van der Waals surface area (Å²) in [5.41, 5.74) is 1.50. The largest absolute Gasteiger partial charge is 0.458 e. The van der Waals surface area contributed by atoms with Gasteiger partial charge in [-0.15, -0.1) is 0 Å². The summed E-state index contributed by atoms with van der Waals surface area (Å²) < 4.78 is 23.2. The molecular weight excluding hydrogens is 548 g/mol. The number of carbonyl (C=O) groups excluding carboxylic acids is 4. The van der Waals surface area contributed by atoms with Crippen molar-refractivity contribution in [2.75, 3.05) is 6.61 Å². The molecule has 4 aromatic rings. The molecule has 8 heteroatoms. The zero-order valence-electron chi connectivity index (χ0n) is 23.9. The van der Waals surface area contributed by atoms with E-state index in [1.165, 1.54) is 0 Å². The number of carbonyl (C=O) groups is 4. The van der Waals surface area contributed by atoms with E-state index in [0.29, 0.717) is 11.8 Å². The quantitative estimate of drug-likeness (QED) is 0.109. The summed E-state index contributed by atoms with van der Waals surface area (Å²) in [6.45, 7) is 3.31. The van der Waals surface area contributed by atoms with Crippen LogP contribution < -0.4 is 0 Å². The van der Waals surface area contributed by atoms with Crippen molar-refractivity contribution in [3.8, 4) is 0 Å². The average molecular weight is 581 g/mol. The minimum atomic E-state index is -1.95. The number of aldehydes is 1. The highest BCUT2D eigenvalue weighted by atomic mass is 16.6. The predicted octanol–water partition coefficient (Wildman–Crippen LogP) is 5.54. The van der Waals surface area contributed by atoms with Crippen molar-refractivity contribution in [3.05, 3.63) is 143 Å². The van der Waals surface area contributed by atoms with Gasteiger partial charge in [-0.2, -0.15) is 0 Å². The Labute approximate surface area is 250 Å². The van der Waals surface area contributed by atoms with Crippen LogP contribution in [-0.2, 0) is 40.7 Å². The van der Waals surface area contributed by atoms with Crippen LogP contribution in [0.1, 0.15) is 43.0 Å². The summed E-state index contributed by atoms with van der Waals surface area (Å²) in [4.78, 5) is 51.3. The second-order valence-electron chi connectivity index (χ2n) is 9.98. The van der Waals surface area contributed by atoms with Crippen molar-refractivity contribution in [3.63, 3.8) is 0 Å². The molecule has 0 aliphatic carbocycles. The second kappa shape index (κ2) is 14.7. The van der Waals surface area contributed by atoms with E-state index in [2.05, 4.69) is 0 Å². The van der Waals surface area contributed by atoms with Crippen molar-refractivity contribution in [2.24, 2.45) is 0 Å². The van der Waals surface area contributed by atoms with Gasteiger partial charge in [0.2, 0.25) is 0 Å². The third-order valence-corrected chi connectivity index (χ3v) is 6.89. The van der Waals surface area contributed by atoms with Gasteiger partial charge < -0.3 is 18.9 Å². The zero-order valence-corrected chi connectivity index (χ0v) is 23.9. The highest BCUT2D eigenvalue weighted by Gasteiger charge is 2.50. The minimum Gasteiger partial charge on any atom is -0.458 e. The van der Waals surface area contributed by atoms with Gasteiger partial charge in [-0.25, -0.2) is 9.59 Å². The predicted molar refractivity (Wildman–Crippen MR) is 158 cm³/mol. The first-order valence-corrected chi connectivity index (χ1v) is 13.7. The Balaban J connectivity index is 1.74. The lowest BCUT2D eigenvalue weighted by atomic mass is 9.85. The molecule has 0 saturated carbocycles. The monoisotopic (exact) mass is 580 g/mol. The number of aryl methyl sites for hydroxylation is 2. The molecule has 8 nitrogen and oxygen atoms in total. The molecule has 0 heterocycles. The fourth-order valence-corrected chi connectivity index (χ4v) is 4.51. The molecular formula is C35H32O8. The lowest BCUT2D eigenvalue weighted by Gasteiger charge is -2.38. The molecule has 0 saturated heterocycles. The van der Waals surface area contributed by atoms with Gasteiger partial charge in [-0.1, -0.05) is 96.1 Å². The Morgan fingerprint density at radius 3 is 1.79 bits per heavy atom. The van der Waals surface area contributed by atoms with Crippen LogP contribution in [0.2, 0.25) is 0 Å². The maximum absolute atomic E-state index is 13.3. The van der Waals surface area contributed by atoms with Gasteiger partial charge in [0.25, 0.3) is 6.47 Å². The third-order valence-electron chi connectivity index (χ3n) is 6.89. The summed E-state index contributed by atoms with van der Waals surface area (Å²) in [6, 6.07) is 30.9. The van der Waals surface area contributed by atoms with E-state index in [9.17, 15) is 19.2 Å². The fourth-order valence-electron chi connectivity index (χ4n) is 4.51. The summed E-state index contributed by atoms with van der Waals surface area (Å²) in [5.74, 6) is -1.46. The molecule has 4 rings (SSSR count). The maximum atomic E-state index is 13.3. The van der Waals surface area contributed by atoms with Crippen LogP contribution in [0.3, 0.4) is 0 Å². The van der Waals surface area contributed by atoms with Crippen molar-refractivity contribution in [2.45, 2.75) is 38.3 Å². The SMILES string of the molecule is Cc1ccc(C(=O)OC[C@@H](OC(=O)c2ccc(C)cc2)[C@@H](OC=O)[C@](C=O)(OCc2ccccc2)c2ccccc2)cc1. The number of hydrogen-bond donors (Lipinski definition) is 0. The molecule has 0 N–H and O–H groups in total. The standard InChI is InChI=1S/C35H32O8/c1-25-13-17-28(18-14-25)33(38)40-22-31(43-34(39)29-19-15-26(2)16-20-29)32(41-24-37)35(23-36,30-11-7-4-8-12-30)42-21-27-9-5-3-6-10-27/h3-20,23-24,31-32H,21-22H2,1-2H3/t31-,32-,35-/m1/s1. The Bertz CT molecular complexity index is 1500. The molecule has 0 amide bonds. The molecule has 220 valence electrons. The van der Waals surface area contributed by atoms with Gasteiger partial charge in [-0.3, -0.25) is 9.59 Å². The minimum absolute atomic E-state index is 0.0467. The molecule has 0 aliphatic rings. The molecule has 4 aromatic carbocycles. The van der Waals surface area contributed by atoms with Crippen molar-refractivity contribution in [1.29, 1.82) is 0 Å². The van der Waals surface area contributed by atoms with Gasteiger partial charge in [0.05, 0.1) is 17.7 Å². The van der Waals surface area contributed by atoms with Gasteiger partial charge >= 0.3 is 11.9 Å². The smallest absolute Gasteiger partial charge is 0.338 e. The second-order valence-corrected chi connectivity index (χ2v) is 9.98. The third kappa shape index (κ3) is 7.81. The lowest BCUT2D eigenvalue weighted by molar-refractivity contribution is -0.191. The Kier molecular flexibility index (Phi) is 10.6. The highest BCUT2D eigenvalue weighted by Crippen LogP contribution is 2.34. The van der Waals surface area contributed by atoms with E-state index >= 15 is 0 Å². The summed E-state index contributed by atoms with van der Waals surface area (Å²) >= 11 is 0. The van der Waals surface area contributed by atoms with E-state index in [1.807, 2.05) is 44.2 Å². The molecule has 0 spiro atoms. The summed E-state index contributed by atoms with van der Waals surface area (Å²) in [5, 5.41) is 0. The van der Waals surface area contributed by atoms with Crippen molar-refractivity contribution >= 4 is 24.7 Å². The molecule has 0 fully saturated rings. The first-order chi connectivity index (χ1) is 20.9. The van der Waals surface area contributed by atoms with Crippen LogP contribution in [0.25, 0.3) is 0 Å². The first kappa shape index (κ1) is 30.9. The Morgan fingerprint density at radius 2 is 1.26 bits per heavy atom. The van der Waals surface area contributed by atoms with E-state index in [0.717, 1.165) is 16.7 Å². The average Bonchev–Trinajstić information content (AvgIpc) is 3.04. The molecule has 3 atom stereocenters. The first-order valence-electron chi connectivity index (χ1n) is 13.7. The fraction of sp³-hybridized carbons (Fsp3) is 0.200. The topological polar surface area (TPSA) is 105 Å². The van der Waals surface area contributed by atoms with E-state index in [-0.39, 0.29) is 24.2 Å². The molecule has 0 radical (unpaired) electrons. The Morgan fingerprint density at radius 1 is 0.721 bits per heavy atom. The van der Waals surface area contributed by atoms with Crippen molar-refractivity contribution in [1.82, 2.24) is 0 Å². The molecule has 0 unspecified atom stereocenters. The molecule has 0 bridgehead atoms. The molecule has 0 aliphatic heterocycles. The van der Waals surface area contributed by atoms with E-state index in [4.69, 9.17) is 18.9 Å². The number of benzene rings is 4. The molecule has 43 heavy (non-hydrogen) atoms. The highest BCUT2D eigenvalue weighted by molar-refractivity contribution is 5.90. The number of ether oxygens (including phenoxy) is 4. The normalized spacial score (nSPS) is 13.5. The molecule has 0 aromatic heterocycles. The van der Waals surface area contributed by atoms with Gasteiger partial charge in [0, 0.05) is 0 Å².